The van der Waals surface area contributed by atoms with Gasteiger partial charge in [-0.3, -0.25) is 4.79 Å². The molecule has 0 aliphatic carbocycles. The number of hydrogen-bond donors (Lipinski definition) is 1. The fourth-order valence-corrected chi connectivity index (χ4v) is 2.79. The molecule has 4 aromatic rings. The number of H-pyrrole nitrogens is 1. The van der Waals surface area contributed by atoms with Crippen LogP contribution < -0.4 is 10.3 Å². The van der Waals surface area contributed by atoms with E-state index in [-0.39, 0.29) is 12.2 Å². The number of nitrogens with one attached hydrogen (secondary N) is 1. The van der Waals surface area contributed by atoms with Crippen LogP contribution in [-0.2, 0) is 6.61 Å². The zero-order valence-corrected chi connectivity index (χ0v) is 14.1. The molecule has 4 nitrogen and oxygen atoms in total. The zero-order valence-electron chi connectivity index (χ0n) is 14.1. The summed E-state index contributed by atoms with van der Waals surface area (Å²) in [6.45, 7) is 0.0408. The smallest absolute Gasteiger partial charge is 0.259 e. The number of aromatic amines is 1. The van der Waals surface area contributed by atoms with Crippen molar-refractivity contribution in [1.82, 2.24) is 9.97 Å². The van der Waals surface area contributed by atoms with Gasteiger partial charge >= 0.3 is 0 Å². The van der Waals surface area contributed by atoms with Crippen molar-refractivity contribution in [2.24, 2.45) is 0 Å². The Morgan fingerprint density at radius 2 is 1.63 bits per heavy atom. The van der Waals surface area contributed by atoms with Gasteiger partial charge in [0.1, 0.15) is 29.8 Å². The van der Waals surface area contributed by atoms with Crippen LogP contribution >= 0.6 is 0 Å². The van der Waals surface area contributed by atoms with Crippen LogP contribution in [0.3, 0.4) is 0 Å². The van der Waals surface area contributed by atoms with E-state index in [0.29, 0.717) is 28.0 Å². The molecule has 0 fully saturated rings. The summed E-state index contributed by atoms with van der Waals surface area (Å²) < 4.78 is 32.0. The summed E-state index contributed by atoms with van der Waals surface area (Å²) in [6.07, 6.45) is 0. The second-order valence-electron chi connectivity index (χ2n) is 6.02. The summed E-state index contributed by atoms with van der Waals surface area (Å²) in [4.78, 5) is 19.4. The van der Waals surface area contributed by atoms with E-state index in [0.717, 1.165) is 11.6 Å². The molecule has 0 atom stereocenters. The minimum absolute atomic E-state index is 0.0408. The number of rotatable bonds is 4. The number of nitrogens with zero attached hydrogens (tertiary/aromatic N) is 1. The molecule has 134 valence electrons. The molecule has 1 aromatic heterocycles. The van der Waals surface area contributed by atoms with E-state index in [1.807, 2.05) is 6.07 Å². The summed E-state index contributed by atoms with van der Waals surface area (Å²) in [5.74, 6) is -0.297. The molecule has 0 unspecified atom stereocenters. The van der Waals surface area contributed by atoms with Gasteiger partial charge in [-0.2, -0.15) is 0 Å². The summed E-state index contributed by atoms with van der Waals surface area (Å²) in [5, 5.41) is 0.531. The van der Waals surface area contributed by atoms with Gasteiger partial charge in [0, 0.05) is 11.6 Å². The van der Waals surface area contributed by atoms with E-state index < -0.39 is 11.6 Å². The maximum absolute atomic E-state index is 13.2. The minimum atomic E-state index is -0.643. The lowest BCUT2D eigenvalue weighted by Crippen LogP contribution is -2.09. The molecule has 4 rings (SSSR count). The summed E-state index contributed by atoms with van der Waals surface area (Å²) in [5.41, 5.74) is 1.54. The average Bonchev–Trinajstić information content (AvgIpc) is 2.66. The quantitative estimate of drug-likeness (QED) is 0.582. The van der Waals surface area contributed by atoms with E-state index in [4.69, 9.17) is 4.74 Å². The highest BCUT2D eigenvalue weighted by Gasteiger charge is 2.06. The zero-order chi connectivity index (χ0) is 18.8. The standard InChI is InChI=1S/C21H14F2N2O2/c22-15-9-13(10-16(23)11-15)12-27-17-7-5-14(6-8-17)20-24-19-4-2-1-3-18(19)21(26)25-20/h1-11H,12H2,(H,24,25,26). The Bertz CT molecular complexity index is 1150. The Hall–Kier alpha value is -3.54. The number of benzene rings is 3. The van der Waals surface area contributed by atoms with Gasteiger partial charge in [-0.15, -0.1) is 0 Å². The van der Waals surface area contributed by atoms with Crippen LogP contribution in [0.2, 0.25) is 0 Å². The maximum atomic E-state index is 13.2. The minimum Gasteiger partial charge on any atom is -0.489 e. The van der Waals surface area contributed by atoms with Crippen molar-refractivity contribution < 1.29 is 13.5 Å². The van der Waals surface area contributed by atoms with Gasteiger partial charge in [0.05, 0.1) is 10.9 Å². The van der Waals surface area contributed by atoms with Gasteiger partial charge in [0.15, 0.2) is 0 Å². The van der Waals surface area contributed by atoms with E-state index in [2.05, 4.69) is 9.97 Å². The molecule has 0 aliphatic rings. The highest BCUT2D eigenvalue weighted by atomic mass is 19.1. The van der Waals surface area contributed by atoms with Crippen LogP contribution in [0.15, 0.2) is 71.5 Å². The maximum Gasteiger partial charge on any atom is 0.259 e. The van der Waals surface area contributed by atoms with E-state index in [9.17, 15) is 13.6 Å². The molecule has 6 heteroatoms. The summed E-state index contributed by atoms with van der Waals surface area (Å²) in [7, 11) is 0. The number of aromatic nitrogens is 2. The molecule has 0 saturated carbocycles. The number of para-hydroxylation sites is 1. The Morgan fingerprint density at radius 3 is 2.37 bits per heavy atom. The Kier molecular flexibility index (Phi) is 4.38. The third kappa shape index (κ3) is 3.69. The molecule has 0 bridgehead atoms. The largest absolute Gasteiger partial charge is 0.489 e. The third-order valence-electron chi connectivity index (χ3n) is 4.07. The predicted molar refractivity (Wildman–Crippen MR) is 98.5 cm³/mol. The molecule has 0 spiro atoms. The van der Waals surface area contributed by atoms with Gasteiger partial charge in [0.2, 0.25) is 0 Å². The van der Waals surface area contributed by atoms with Gasteiger partial charge in [0.25, 0.3) is 5.56 Å². The fraction of sp³-hybridized carbons (Fsp3) is 0.0476. The van der Waals surface area contributed by atoms with Gasteiger partial charge in [-0.1, -0.05) is 12.1 Å². The van der Waals surface area contributed by atoms with Crippen molar-refractivity contribution >= 4 is 10.9 Å². The lowest BCUT2D eigenvalue weighted by atomic mass is 10.2. The average molecular weight is 364 g/mol. The van der Waals surface area contributed by atoms with Crippen LogP contribution in [0.4, 0.5) is 8.78 Å². The van der Waals surface area contributed by atoms with Crippen molar-refractivity contribution in [3.63, 3.8) is 0 Å². The molecule has 0 radical (unpaired) electrons. The molecule has 1 N–H and O–H groups in total. The topological polar surface area (TPSA) is 55.0 Å². The van der Waals surface area contributed by atoms with Gasteiger partial charge in [-0.25, -0.2) is 13.8 Å². The lowest BCUT2D eigenvalue weighted by Gasteiger charge is -2.08. The Labute approximate surface area is 153 Å². The number of hydrogen-bond acceptors (Lipinski definition) is 3. The molecule has 1 heterocycles. The first-order valence-corrected chi connectivity index (χ1v) is 8.26. The van der Waals surface area contributed by atoms with Crippen LogP contribution in [0.25, 0.3) is 22.3 Å². The first-order valence-electron chi connectivity index (χ1n) is 8.26. The second-order valence-corrected chi connectivity index (χ2v) is 6.02. The third-order valence-corrected chi connectivity index (χ3v) is 4.07. The normalized spacial score (nSPS) is 10.9. The monoisotopic (exact) mass is 364 g/mol. The number of halogens is 2. The second kappa shape index (κ2) is 6.99. The highest BCUT2D eigenvalue weighted by molar-refractivity contribution is 5.79. The Balaban J connectivity index is 1.54. The molecule has 3 aromatic carbocycles. The predicted octanol–water partition coefficient (Wildman–Crippen LogP) is 4.45. The molecule has 27 heavy (non-hydrogen) atoms. The van der Waals surface area contributed by atoms with Gasteiger partial charge in [-0.05, 0) is 54.1 Å². The summed E-state index contributed by atoms with van der Waals surface area (Å²) >= 11 is 0. The van der Waals surface area contributed by atoms with Crippen molar-refractivity contribution in [1.29, 1.82) is 0 Å². The highest BCUT2D eigenvalue weighted by Crippen LogP contribution is 2.21. The fourth-order valence-electron chi connectivity index (χ4n) is 2.79. The summed E-state index contributed by atoms with van der Waals surface area (Å²) in [6, 6.07) is 17.3. The first-order chi connectivity index (χ1) is 13.1. The van der Waals surface area contributed by atoms with Crippen molar-refractivity contribution in [3.8, 4) is 17.1 Å². The molecule has 0 amide bonds. The first kappa shape index (κ1) is 16.9. The number of fused-ring (bicyclic) bond motifs is 1. The van der Waals surface area contributed by atoms with Crippen LogP contribution in [0.5, 0.6) is 5.75 Å². The SMILES string of the molecule is O=c1[nH]c(-c2ccc(OCc3cc(F)cc(F)c3)cc2)nc2ccccc12. The molecule has 0 saturated heterocycles. The van der Waals surface area contributed by atoms with Crippen LogP contribution in [-0.4, -0.2) is 9.97 Å². The van der Waals surface area contributed by atoms with Crippen LogP contribution in [0.1, 0.15) is 5.56 Å². The lowest BCUT2D eigenvalue weighted by molar-refractivity contribution is 0.305. The van der Waals surface area contributed by atoms with Gasteiger partial charge < -0.3 is 9.72 Å². The van der Waals surface area contributed by atoms with Crippen molar-refractivity contribution in [2.45, 2.75) is 6.61 Å². The van der Waals surface area contributed by atoms with E-state index in [1.165, 1.54) is 12.1 Å². The van der Waals surface area contributed by atoms with E-state index >= 15 is 0 Å². The molecular weight excluding hydrogens is 350 g/mol. The van der Waals surface area contributed by atoms with Crippen molar-refractivity contribution in [3.05, 3.63) is 94.3 Å². The number of ether oxygens (including phenoxy) is 1. The Morgan fingerprint density at radius 1 is 0.926 bits per heavy atom. The molecular formula is C21H14F2N2O2. The van der Waals surface area contributed by atoms with Crippen LogP contribution in [0, 0.1) is 11.6 Å². The molecule has 0 aliphatic heterocycles. The van der Waals surface area contributed by atoms with Crippen molar-refractivity contribution in [2.75, 3.05) is 0 Å². The van der Waals surface area contributed by atoms with E-state index in [1.54, 1.807) is 42.5 Å².